The Labute approximate surface area is 156 Å². The standard InChI is InChI=1S/C20H22N2OS2/c1-14-7-9-15(10-8-14)13-25-20-21-17-11-12-24-18(17)19(23)22(20)16-5-3-2-4-6-16/h7-12,16H,2-6,13H2,1H3. The summed E-state index contributed by atoms with van der Waals surface area (Å²) in [6.07, 6.45) is 5.89. The van der Waals surface area contributed by atoms with E-state index in [1.54, 1.807) is 11.8 Å². The number of thioether (sulfide) groups is 1. The van der Waals surface area contributed by atoms with Crippen molar-refractivity contribution in [3.63, 3.8) is 0 Å². The number of hydrogen-bond acceptors (Lipinski definition) is 4. The first-order valence-electron chi connectivity index (χ1n) is 8.90. The first-order valence-corrected chi connectivity index (χ1v) is 10.8. The predicted octanol–water partition coefficient (Wildman–Crippen LogP) is 5.56. The van der Waals surface area contributed by atoms with Crippen LogP contribution in [-0.2, 0) is 5.75 Å². The number of benzene rings is 1. The van der Waals surface area contributed by atoms with Crippen molar-refractivity contribution in [1.29, 1.82) is 0 Å². The highest BCUT2D eigenvalue weighted by Gasteiger charge is 2.22. The predicted molar refractivity (Wildman–Crippen MR) is 107 cm³/mol. The van der Waals surface area contributed by atoms with E-state index in [1.807, 2.05) is 16.0 Å². The topological polar surface area (TPSA) is 34.9 Å². The summed E-state index contributed by atoms with van der Waals surface area (Å²) >= 11 is 3.20. The van der Waals surface area contributed by atoms with Crippen molar-refractivity contribution in [1.82, 2.24) is 9.55 Å². The summed E-state index contributed by atoms with van der Waals surface area (Å²) in [5, 5.41) is 2.85. The van der Waals surface area contributed by atoms with Crippen LogP contribution in [0.2, 0.25) is 0 Å². The van der Waals surface area contributed by atoms with Crippen molar-refractivity contribution >= 4 is 33.3 Å². The van der Waals surface area contributed by atoms with Crippen LogP contribution >= 0.6 is 23.1 Å². The molecule has 1 aliphatic carbocycles. The normalized spacial score (nSPS) is 15.7. The molecule has 0 bridgehead atoms. The molecule has 3 nitrogen and oxygen atoms in total. The zero-order valence-corrected chi connectivity index (χ0v) is 16.0. The summed E-state index contributed by atoms with van der Waals surface area (Å²) in [7, 11) is 0. The quantitative estimate of drug-likeness (QED) is 0.445. The van der Waals surface area contributed by atoms with Gasteiger partial charge < -0.3 is 0 Å². The molecule has 0 saturated heterocycles. The molecule has 1 aromatic carbocycles. The van der Waals surface area contributed by atoms with Crippen LogP contribution in [0.3, 0.4) is 0 Å². The largest absolute Gasteiger partial charge is 0.283 e. The van der Waals surface area contributed by atoms with E-state index >= 15 is 0 Å². The number of rotatable bonds is 4. The Morgan fingerprint density at radius 3 is 2.68 bits per heavy atom. The highest BCUT2D eigenvalue weighted by Crippen LogP contribution is 2.32. The lowest BCUT2D eigenvalue weighted by Crippen LogP contribution is -2.28. The number of fused-ring (bicyclic) bond motifs is 1. The van der Waals surface area contributed by atoms with Crippen LogP contribution in [-0.4, -0.2) is 9.55 Å². The van der Waals surface area contributed by atoms with Gasteiger partial charge in [-0.05, 0) is 36.8 Å². The number of hydrogen-bond donors (Lipinski definition) is 0. The van der Waals surface area contributed by atoms with Gasteiger partial charge in [0, 0.05) is 11.8 Å². The SMILES string of the molecule is Cc1ccc(CSc2nc3ccsc3c(=O)n2C2CCCCC2)cc1. The minimum absolute atomic E-state index is 0.151. The minimum Gasteiger partial charge on any atom is -0.283 e. The molecule has 4 rings (SSSR count). The lowest BCUT2D eigenvalue weighted by molar-refractivity contribution is 0.326. The highest BCUT2D eigenvalue weighted by atomic mass is 32.2. The second kappa shape index (κ2) is 7.34. The van der Waals surface area contributed by atoms with Gasteiger partial charge in [-0.3, -0.25) is 9.36 Å². The molecule has 0 atom stereocenters. The summed E-state index contributed by atoms with van der Waals surface area (Å²) in [4.78, 5) is 17.9. The molecule has 3 aromatic rings. The average Bonchev–Trinajstić information content (AvgIpc) is 3.11. The third-order valence-corrected chi connectivity index (χ3v) is 6.82. The van der Waals surface area contributed by atoms with E-state index in [4.69, 9.17) is 4.98 Å². The van der Waals surface area contributed by atoms with Crippen LogP contribution in [0.25, 0.3) is 10.2 Å². The Morgan fingerprint density at radius 2 is 1.92 bits per heavy atom. The van der Waals surface area contributed by atoms with E-state index in [1.165, 1.54) is 41.7 Å². The number of aryl methyl sites for hydroxylation is 1. The van der Waals surface area contributed by atoms with Gasteiger partial charge in [0.2, 0.25) is 0 Å². The number of thiophene rings is 1. The van der Waals surface area contributed by atoms with Crippen molar-refractivity contribution in [2.75, 3.05) is 0 Å². The Hall–Kier alpha value is -1.59. The highest BCUT2D eigenvalue weighted by molar-refractivity contribution is 7.98. The van der Waals surface area contributed by atoms with Crippen molar-refractivity contribution in [2.24, 2.45) is 0 Å². The first kappa shape index (κ1) is 16.9. The van der Waals surface area contributed by atoms with Gasteiger partial charge in [0.05, 0.1) is 5.52 Å². The van der Waals surface area contributed by atoms with E-state index in [9.17, 15) is 4.79 Å². The molecule has 1 saturated carbocycles. The van der Waals surface area contributed by atoms with Crippen LogP contribution in [0.5, 0.6) is 0 Å². The Bertz CT molecular complexity index is 921. The van der Waals surface area contributed by atoms with Crippen molar-refractivity contribution in [2.45, 2.75) is 56.0 Å². The van der Waals surface area contributed by atoms with Crippen LogP contribution in [0.4, 0.5) is 0 Å². The number of aromatic nitrogens is 2. The summed E-state index contributed by atoms with van der Waals surface area (Å²) in [5.41, 5.74) is 3.53. The summed E-state index contributed by atoms with van der Waals surface area (Å²) in [6.45, 7) is 2.10. The molecule has 0 spiro atoms. The molecular weight excluding hydrogens is 348 g/mol. The fourth-order valence-electron chi connectivity index (χ4n) is 3.50. The van der Waals surface area contributed by atoms with Crippen molar-refractivity contribution in [3.8, 4) is 0 Å². The summed E-state index contributed by atoms with van der Waals surface area (Å²) in [6, 6.07) is 10.9. The minimum atomic E-state index is 0.151. The van der Waals surface area contributed by atoms with E-state index < -0.39 is 0 Å². The van der Waals surface area contributed by atoms with E-state index in [-0.39, 0.29) is 5.56 Å². The zero-order chi connectivity index (χ0) is 17.2. The zero-order valence-electron chi connectivity index (χ0n) is 14.4. The van der Waals surface area contributed by atoms with Gasteiger partial charge in [-0.1, -0.05) is 60.9 Å². The molecule has 0 unspecified atom stereocenters. The van der Waals surface area contributed by atoms with Gasteiger partial charge in [0.15, 0.2) is 5.16 Å². The second-order valence-corrected chi connectivity index (χ2v) is 8.63. The van der Waals surface area contributed by atoms with Crippen molar-refractivity contribution in [3.05, 3.63) is 57.2 Å². The molecule has 25 heavy (non-hydrogen) atoms. The van der Waals surface area contributed by atoms with Crippen LogP contribution in [0.15, 0.2) is 45.7 Å². The van der Waals surface area contributed by atoms with Gasteiger partial charge in [-0.2, -0.15) is 0 Å². The lowest BCUT2D eigenvalue weighted by atomic mass is 9.95. The summed E-state index contributed by atoms with van der Waals surface area (Å²) in [5.74, 6) is 0.842. The van der Waals surface area contributed by atoms with Crippen molar-refractivity contribution < 1.29 is 0 Å². The molecule has 0 N–H and O–H groups in total. The molecule has 2 heterocycles. The third kappa shape index (κ3) is 3.53. The smallest absolute Gasteiger partial charge is 0.272 e. The lowest BCUT2D eigenvalue weighted by Gasteiger charge is -2.25. The van der Waals surface area contributed by atoms with Crippen LogP contribution < -0.4 is 5.56 Å². The Kier molecular flexibility index (Phi) is 4.95. The second-order valence-electron chi connectivity index (χ2n) is 6.77. The maximum atomic E-state index is 13.1. The maximum absolute atomic E-state index is 13.1. The molecule has 0 aliphatic heterocycles. The molecule has 0 amide bonds. The molecule has 2 aromatic heterocycles. The van der Waals surface area contributed by atoms with Gasteiger partial charge in [-0.15, -0.1) is 11.3 Å². The van der Waals surface area contributed by atoms with Gasteiger partial charge >= 0.3 is 0 Å². The number of nitrogens with zero attached hydrogens (tertiary/aromatic N) is 2. The van der Waals surface area contributed by atoms with Crippen LogP contribution in [0, 0.1) is 6.92 Å². The molecule has 130 valence electrons. The van der Waals surface area contributed by atoms with Crippen LogP contribution in [0.1, 0.15) is 49.3 Å². The fourth-order valence-corrected chi connectivity index (χ4v) is 5.29. The monoisotopic (exact) mass is 370 g/mol. The maximum Gasteiger partial charge on any atom is 0.272 e. The first-order chi connectivity index (χ1) is 12.2. The van der Waals surface area contributed by atoms with Gasteiger partial charge in [0.1, 0.15) is 4.70 Å². The third-order valence-electron chi connectivity index (χ3n) is 4.91. The molecule has 0 radical (unpaired) electrons. The molecule has 1 fully saturated rings. The molecule has 1 aliphatic rings. The fraction of sp³-hybridized carbons (Fsp3) is 0.400. The van der Waals surface area contributed by atoms with E-state index in [0.29, 0.717) is 6.04 Å². The Balaban J connectivity index is 1.70. The van der Waals surface area contributed by atoms with E-state index in [2.05, 4.69) is 31.2 Å². The van der Waals surface area contributed by atoms with E-state index in [0.717, 1.165) is 34.0 Å². The Morgan fingerprint density at radius 1 is 1.16 bits per heavy atom. The average molecular weight is 371 g/mol. The molecular formula is C20H22N2OS2. The summed E-state index contributed by atoms with van der Waals surface area (Å²) < 4.78 is 2.79. The molecule has 5 heteroatoms. The van der Waals surface area contributed by atoms with Gasteiger partial charge in [-0.25, -0.2) is 4.98 Å². The van der Waals surface area contributed by atoms with Gasteiger partial charge in [0.25, 0.3) is 5.56 Å².